The van der Waals surface area contributed by atoms with E-state index in [2.05, 4.69) is 4.99 Å². The van der Waals surface area contributed by atoms with Crippen LogP contribution < -0.4 is 0 Å². The Balaban J connectivity index is 4.91. The average Bonchev–Trinajstić information content (AvgIpc) is 1.99. The Bertz CT molecular complexity index is 335. The van der Waals surface area contributed by atoms with E-state index < -0.39 is 30.0 Å². The summed E-state index contributed by atoms with van der Waals surface area (Å²) in [5.74, 6) is -2.37. The van der Waals surface area contributed by atoms with Crippen LogP contribution in [0.5, 0.6) is 0 Å². The zero-order valence-electron chi connectivity index (χ0n) is 7.54. The first-order valence-corrected chi connectivity index (χ1v) is 3.47. The zero-order chi connectivity index (χ0) is 13.1. The van der Waals surface area contributed by atoms with Crippen molar-refractivity contribution in [3.8, 4) is 0 Å². The maximum Gasteiger partial charge on any atom is 0.451 e. The molecule has 0 spiro atoms. The molecule has 0 radical (unpaired) electrons. The lowest BCUT2D eigenvalue weighted by Gasteiger charge is -2.04. The second-order valence-electron chi connectivity index (χ2n) is 2.42. The largest absolute Gasteiger partial charge is 0.451 e. The van der Waals surface area contributed by atoms with Gasteiger partial charge in [0.25, 0.3) is 0 Å². The van der Waals surface area contributed by atoms with Gasteiger partial charge in [0.15, 0.2) is 0 Å². The summed E-state index contributed by atoms with van der Waals surface area (Å²) in [6, 6.07) is 0. The molecule has 0 aromatic carbocycles. The number of alkyl halides is 6. The lowest BCUT2D eigenvalue weighted by molar-refractivity contribution is -0.0606. The maximum atomic E-state index is 12.4. The van der Waals surface area contributed by atoms with Gasteiger partial charge in [0, 0.05) is 0 Å². The molecule has 0 aromatic heterocycles. The Labute approximate surface area is 84.2 Å². The molecule has 0 aromatic rings. The summed E-state index contributed by atoms with van der Waals surface area (Å²) >= 11 is 0. The van der Waals surface area contributed by atoms with Crippen molar-refractivity contribution in [1.82, 2.24) is 0 Å². The maximum absolute atomic E-state index is 12.4. The molecule has 0 rings (SSSR count). The molecule has 0 saturated carbocycles. The molecule has 0 heterocycles. The van der Waals surface area contributed by atoms with Gasteiger partial charge in [-0.3, -0.25) is 5.41 Å². The summed E-state index contributed by atoms with van der Waals surface area (Å²) in [4.78, 5) is 4.06. The van der Waals surface area contributed by atoms with Crippen LogP contribution in [0.4, 0.5) is 30.7 Å². The Hall–Kier alpha value is -1.48. The van der Waals surface area contributed by atoms with Gasteiger partial charge in [0.05, 0.1) is 0 Å². The van der Waals surface area contributed by atoms with E-state index >= 15 is 0 Å². The van der Waals surface area contributed by atoms with Gasteiger partial charge in [0.1, 0.15) is 5.71 Å². The Morgan fingerprint density at radius 2 is 1.38 bits per heavy atom. The van der Waals surface area contributed by atoms with E-state index in [1.807, 2.05) is 4.99 Å². The minimum atomic E-state index is -5.24. The molecule has 92 valence electrons. The first kappa shape index (κ1) is 14.5. The SMILES string of the molecule is C/C(=N\C(F)=N/C(=N)C(F)(F)F)C(F)(F)F. The summed E-state index contributed by atoms with van der Waals surface area (Å²) in [7, 11) is 0. The number of amidine groups is 2. The molecule has 0 unspecified atom stereocenters. The van der Waals surface area contributed by atoms with E-state index in [1.165, 1.54) is 0 Å². The fourth-order valence-electron chi connectivity index (χ4n) is 0.382. The van der Waals surface area contributed by atoms with Gasteiger partial charge < -0.3 is 0 Å². The van der Waals surface area contributed by atoms with Crippen molar-refractivity contribution in [1.29, 1.82) is 5.41 Å². The summed E-state index contributed by atoms with van der Waals surface area (Å²) in [6.45, 7) is 0.353. The van der Waals surface area contributed by atoms with Crippen LogP contribution in [0.2, 0.25) is 0 Å². The van der Waals surface area contributed by atoms with Crippen molar-refractivity contribution in [2.45, 2.75) is 19.3 Å². The van der Waals surface area contributed by atoms with Crippen molar-refractivity contribution < 1.29 is 30.7 Å². The van der Waals surface area contributed by atoms with Crippen molar-refractivity contribution in [3.05, 3.63) is 0 Å². The lowest BCUT2D eigenvalue weighted by Crippen LogP contribution is -2.22. The van der Waals surface area contributed by atoms with Gasteiger partial charge in [-0.15, -0.1) is 0 Å². The molecule has 0 fully saturated rings. The van der Waals surface area contributed by atoms with Gasteiger partial charge in [0.2, 0.25) is 5.84 Å². The highest BCUT2D eigenvalue weighted by Gasteiger charge is 2.36. The third-order valence-electron chi connectivity index (χ3n) is 1.14. The Morgan fingerprint density at radius 1 is 0.938 bits per heavy atom. The number of halogens is 7. The normalized spacial score (nSPS) is 15.2. The third kappa shape index (κ3) is 4.84. The van der Waals surface area contributed by atoms with Crippen LogP contribution in [0, 0.1) is 5.41 Å². The monoisotopic (exact) mass is 251 g/mol. The van der Waals surface area contributed by atoms with E-state index in [0.29, 0.717) is 6.92 Å². The Morgan fingerprint density at radius 3 is 1.69 bits per heavy atom. The van der Waals surface area contributed by atoms with Crippen LogP contribution in [0.1, 0.15) is 6.92 Å². The molecule has 0 amide bonds. The van der Waals surface area contributed by atoms with Crippen LogP contribution in [0.3, 0.4) is 0 Å². The van der Waals surface area contributed by atoms with E-state index in [1.54, 1.807) is 0 Å². The highest BCUT2D eigenvalue weighted by Crippen LogP contribution is 2.19. The third-order valence-corrected chi connectivity index (χ3v) is 1.14. The summed E-state index contributed by atoms with van der Waals surface area (Å²) in [5.41, 5.74) is -1.70. The standard InChI is InChI=1S/C6H4F7N3/c1-2(5(8,9)10)15-4(7)16-3(14)6(11,12)13/h14H,1H3/b14-3?,15-2+,16-4-. The molecule has 0 atom stereocenters. The smallest absolute Gasteiger partial charge is 0.279 e. The topological polar surface area (TPSA) is 48.6 Å². The van der Waals surface area contributed by atoms with E-state index in [-0.39, 0.29) is 0 Å². The quantitative estimate of drug-likeness (QED) is 0.298. The second kappa shape index (κ2) is 4.58. The predicted octanol–water partition coefficient (Wildman–Crippen LogP) is 2.87. The molecular formula is C6H4F7N3. The summed E-state index contributed by atoms with van der Waals surface area (Å²) in [5, 5.41) is 6.17. The molecule has 0 aliphatic rings. The first-order valence-electron chi connectivity index (χ1n) is 3.47. The number of nitrogens with one attached hydrogen (secondary N) is 1. The molecule has 0 aliphatic carbocycles. The number of hydrogen-bond donors (Lipinski definition) is 1. The van der Waals surface area contributed by atoms with Crippen molar-refractivity contribution >= 4 is 17.6 Å². The average molecular weight is 251 g/mol. The lowest BCUT2D eigenvalue weighted by atomic mass is 10.4. The zero-order valence-corrected chi connectivity index (χ0v) is 7.54. The van der Waals surface area contributed by atoms with Crippen molar-refractivity contribution in [3.63, 3.8) is 0 Å². The van der Waals surface area contributed by atoms with Gasteiger partial charge in [-0.05, 0) is 6.92 Å². The van der Waals surface area contributed by atoms with Gasteiger partial charge >= 0.3 is 18.4 Å². The summed E-state index contributed by atoms with van der Waals surface area (Å²) in [6.07, 6.45) is -12.5. The molecular weight excluding hydrogens is 247 g/mol. The van der Waals surface area contributed by atoms with Crippen LogP contribution in [0.15, 0.2) is 9.98 Å². The van der Waals surface area contributed by atoms with E-state index in [9.17, 15) is 30.7 Å². The second-order valence-corrected chi connectivity index (χ2v) is 2.42. The van der Waals surface area contributed by atoms with Crippen LogP contribution in [-0.2, 0) is 0 Å². The highest BCUT2D eigenvalue weighted by atomic mass is 19.4. The minimum Gasteiger partial charge on any atom is -0.279 e. The molecule has 0 aliphatic heterocycles. The number of rotatable bonds is 0. The predicted molar refractivity (Wildman–Crippen MR) is 41.5 cm³/mol. The van der Waals surface area contributed by atoms with Gasteiger partial charge in [-0.2, -0.15) is 35.7 Å². The first-order chi connectivity index (χ1) is 6.94. The fourth-order valence-corrected chi connectivity index (χ4v) is 0.382. The van der Waals surface area contributed by atoms with Gasteiger partial charge in [-0.1, -0.05) is 0 Å². The molecule has 16 heavy (non-hydrogen) atoms. The van der Waals surface area contributed by atoms with Crippen molar-refractivity contribution in [2.24, 2.45) is 9.98 Å². The van der Waals surface area contributed by atoms with Crippen LogP contribution in [0.25, 0.3) is 0 Å². The minimum absolute atomic E-state index is 0.353. The Kier molecular flexibility index (Phi) is 4.15. The molecule has 0 bridgehead atoms. The number of aliphatic imine (C=N–C) groups is 2. The number of nitrogens with zero attached hydrogens (tertiary/aromatic N) is 2. The molecule has 1 N–H and O–H groups in total. The fraction of sp³-hybridized carbons (Fsp3) is 0.500. The summed E-state index contributed by atoms with van der Waals surface area (Å²) < 4.78 is 82.5. The molecule has 10 heteroatoms. The van der Waals surface area contributed by atoms with Gasteiger partial charge in [-0.25, -0.2) is 4.99 Å². The number of hydrogen-bond acceptors (Lipinski definition) is 1. The van der Waals surface area contributed by atoms with E-state index in [0.717, 1.165) is 0 Å². The molecule has 0 saturated heterocycles. The highest BCUT2D eigenvalue weighted by molar-refractivity contribution is 6.01. The van der Waals surface area contributed by atoms with Crippen LogP contribution in [-0.4, -0.2) is 30.0 Å². The van der Waals surface area contributed by atoms with Crippen molar-refractivity contribution in [2.75, 3.05) is 0 Å². The van der Waals surface area contributed by atoms with E-state index in [4.69, 9.17) is 5.41 Å². The van der Waals surface area contributed by atoms with Crippen LogP contribution >= 0.6 is 0 Å². The molecule has 3 nitrogen and oxygen atoms in total.